The molecular formula is C33H45N3O6S. The molecule has 4 aliphatic rings. The standard InChI is InChI=1S/C33H45N3O6S/c1-4-6-10-20-42-31(40)27-26-29(38)36(25(23-37)24-11-8-7-9-12-24)28(33(26)14-13-32(27,3)43-33)30(39)35(15-5-2)17-16-34-18-21-41-22-19-34/h4-5,7-9,11-12,25-28,37H,1-2,6,10,13-23H2,3H3/t25-,26+,27-,28?,32+,33?/m1/s1. The molecular weight excluding hydrogens is 566 g/mol. The van der Waals surface area contributed by atoms with E-state index in [1.807, 2.05) is 37.3 Å². The minimum Gasteiger partial charge on any atom is -0.465 e. The second-order valence-corrected chi connectivity index (χ2v) is 14.1. The molecule has 9 nitrogen and oxygen atoms in total. The van der Waals surface area contributed by atoms with Gasteiger partial charge in [0.1, 0.15) is 6.04 Å². The molecule has 0 aliphatic carbocycles. The van der Waals surface area contributed by atoms with Crippen LogP contribution in [0, 0.1) is 11.8 Å². The van der Waals surface area contributed by atoms with Crippen LogP contribution in [-0.4, -0.2) is 112 Å². The molecule has 4 heterocycles. The van der Waals surface area contributed by atoms with Crippen LogP contribution in [0.1, 0.15) is 44.2 Å². The van der Waals surface area contributed by atoms with Crippen LogP contribution in [-0.2, 0) is 23.9 Å². The maximum atomic E-state index is 14.8. The number of ether oxygens (including phenoxy) is 2. The van der Waals surface area contributed by atoms with Crippen LogP contribution in [0.25, 0.3) is 0 Å². The molecule has 5 rings (SSSR count). The van der Waals surface area contributed by atoms with Gasteiger partial charge in [0.15, 0.2) is 0 Å². The molecule has 1 aromatic rings. The first-order chi connectivity index (χ1) is 20.8. The Morgan fingerprint density at radius 2 is 1.95 bits per heavy atom. The Morgan fingerprint density at radius 3 is 2.63 bits per heavy atom. The van der Waals surface area contributed by atoms with E-state index >= 15 is 0 Å². The molecule has 1 aromatic carbocycles. The summed E-state index contributed by atoms with van der Waals surface area (Å²) in [6.07, 6.45) is 6.26. The molecule has 0 aromatic heterocycles. The van der Waals surface area contributed by atoms with Gasteiger partial charge in [-0.3, -0.25) is 19.3 Å². The number of thioether (sulfide) groups is 1. The van der Waals surface area contributed by atoms with Crippen molar-refractivity contribution < 1.29 is 29.0 Å². The monoisotopic (exact) mass is 611 g/mol. The summed E-state index contributed by atoms with van der Waals surface area (Å²) in [6.45, 7) is 14.1. The zero-order valence-corrected chi connectivity index (χ0v) is 26.0. The summed E-state index contributed by atoms with van der Waals surface area (Å²) < 4.78 is 9.93. The third-order valence-electron chi connectivity index (χ3n) is 9.64. The van der Waals surface area contributed by atoms with Gasteiger partial charge < -0.3 is 24.4 Å². The largest absolute Gasteiger partial charge is 0.465 e. The summed E-state index contributed by atoms with van der Waals surface area (Å²) in [6, 6.07) is 7.81. The Hall–Kier alpha value is -2.66. The fraction of sp³-hybridized carbons (Fsp3) is 0.606. The minimum atomic E-state index is -0.836. The Labute approximate surface area is 259 Å². The van der Waals surface area contributed by atoms with Crippen molar-refractivity contribution >= 4 is 29.5 Å². The minimum absolute atomic E-state index is 0.157. The van der Waals surface area contributed by atoms with E-state index in [1.54, 1.807) is 33.7 Å². The highest BCUT2D eigenvalue weighted by Gasteiger charge is 2.78. The van der Waals surface area contributed by atoms with Gasteiger partial charge in [-0.05, 0) is 38.2 Å². The highest BCUT2D eigenvalue weighted by atomic mass is 32.2. The first-order valence-electron chi connectivity index (χ1n) is 15.5. The van der Waals surface area contributed by atoms with Crippen LogP contribution in [0.2, 0.25) is 0 Å². The maximum absolute atomic E-state index is 14.8. The summed E-state index contributed by atoms with van der Waals surface area (Å²) in [7, 11) is 0. The van der Waals surface area contributed by atoms with Gasteiger partial charge in [-0.15, -0.1) is 24.9 Å². The van der Waals surface area contributed by atoms with Crippen molar-refractivity contribution in [1.29, 1.82) is 0 Å². The quantitative estimate of drug-likeness (QED) is 0.195. The Morgan fingerprint density at radius 1 is 1.21 bits per heavy atom. The van der Waals surface area contributed by atoms with Crippen molar-refractivity contribution in [2.75, 3.05) is 59.2 Å². The molecule has 2 amide bonds. The van der Waals surface area contributed by atoms with Crippen LogP contribution in [0.15, 0.2) is 55.6 Å². The van der Waals surface area contributed by atoms with Crippen molar-refractivity contribution in [1.82, 2.24) is 14.7 Å². The number of amides is 2. The summed E-state index contributed by atoms with van der Waals surface area (Å²) in [5, 5.41) is 10.7. The van der Waals surface area contributed by atoms with Crippen LogP contribution in [0.4, 0.5) is 0 Å². The fourth-order valence-corrected chi connectivity index (χ4v) is 9.89. The predicted octanol–water partition coefficient (Wildman–Crippen LogP) is 3.06. The number of allylic oxidation sites excluding steroid dienone is 1. The van der Waals surface area contributed by atoms with Gasteiger partial charge in [-0.1, -0.05) is 42.5 Å². The SMILES string of the molecule is C=CCCCOC(=O)[C@H]1[C@H]2C(=O)N([C@H](CO)c3ccccc3)C(C(=O)N(CC=C)CCN3CCOCC3)C23CC[C@]1(C)S3. The van der Waals surface area contributed by atoms with Crippen molar-refractivity contribution in [2.24, 2.45) is 11.8 Å². The summed E-state index contributed by atoms with van der Waals surface area (Å²) >= 11 is 1.62. The number of unbranched alkanes of at least 4 members (excludes halogenated alkanes) is 1. The number of aliphatic hydroxyl groups excluding tert-OH is 1. The normalized spacial score (nSPS) is 30.6. The average Bonchev–Trinajstić information content (AvgIpc) is 3.59. The molecule has 2 bridgehead atoms. The number of nitrogens with zero attached hydrogens (tertiary/aromatic N) is 3. The molecule has 1 N–H and O–H groups in total. The number of carbonyl (C=O) groups excluding carboxylic acids is 3. The lowest BCUT2D eigenvalue weighted by Crippen LogP contribution is -2.56. The molecule has 6 atom stereocenters. The number of aliphatic hydroxyl groups is 1. The molecule has 0 saturated carbocycles. The Balaban J connectivity index is 1.51. The topological polar surface area (TPSA) is 99.6 Å². The lowest BCUT2D eigenvalue weighted by molar-refractivity contribution is -0.156. The molecule has 4 saturated heterocycles. The van der Waals surface area contributed by atoms with Gasteiger partial charge in [0.25, 0.3) is 0 Å². The number of morpholine rings is 1. The molecule has 10 heteroatoms. The molecule has 1 spiro atoms. The van der Waals surface area contributed by atoms with E-state index in [9.17, 15) is 19.5 Å². The van der Waals surface area contributed by atoms with Crippen LogP contribution in [0.3, 0.4) is 0 Å². The third-order valence-corrected chi connectivity index (χ3v) is 11.6. The molecule has 234 valence electrons. The zero-order valence-electron chi connectivity index (χ0n) is 25.2. The van der Waals surface area contributed by atoms with Crippen molar-refractivity contribution in [2.45, 2.75) is 54.2 Å². The van der Waals surface area contributed by atoms with Gasteiger partial charge in [0, 0.05) is 37.5 Å². The number of esters is 1. The van der Waals surface area contributed by atoms with Crippen molar-refractivity contribution in [3.8, 4) is 0 Å². The van der Waals surface area contributed by atoms with Crippen LogP contribution in [0.5, 0.6) is 0 Å². The van der Waals surface area contributed by atoms with Gasteiger partial charge >= 0.3 is 5.97 Å². The fourth-order valence-electron chi connectivity index (χ4n) is 7.56. The maximum Gasteiger partial charge on any atom is 0.311 e. The zero-order chi connectivity index (χ0) is 30.6. The molecule has 2 unspecified atom stereocenters. The lowest BCUT2D eigenvalue weighted by Gasteiger charge is -2.40. The number of hydrogen-bond donors (Lipinski definition) is 1. The number of likely N-dealkylation sites (tertiary alicyclic amines) is 1. The highest BCUT2D eigenvalue weighted by Crippen LogP contribution is 2.72. The second kappa shape index (κ2) is 13.5. The predicted molar refractivity (Wildman–Crippen MR) is 166 cm³/mol. The smallest absolute Gasteiger partial charge is 0.311 e. The summed E-state index contributed by atoms with van der Waals surface area (Å²) in [5.74, 6) is -2.16. The first kappa shape index (κ1) is 31.8. The number of fused-ring (bicyclic) bond motifs is 1. The third kappa shape index (κ3) is 5.91. The second-order valence-electron chi connectivity index (χ2n) is 12.2. The van der Waals surface area contributed by atoms with E-state index in [0.29, 0.717) is 52.1 Å². The molecule has 4 aliphatic heterocycles. The number of rotatable bonds is 14. The van der Waals surface area contributed by atoms with E-state index in [2.05, 4.69) is 18.1 Å². The van der Waals surface area contributed by atoms with Crippen molar-refractivity contribution in [3.05, 3.63) is 61.2 Å². The Kier molecular flexibility index (Phi) is 10.0. The molecule has 0 radical (unpaired) electrons. The van der Waals surface area contributed by atoms with Gasteiger partial charge in [0.05, 0.1) is 49.1 Å². The van der Waals surface area contributed by atoms with E-state index in [0.717, 1.165) is 25.1 Å². The van der Waals surface area contributed by atoms with E-state index in [-0.39, 0.29) is 31.0 Å². The van der Waals surface area contributed by atoms with Gasteiger partial charge in [-0.25, -0.2) is 0 Å². The van der Waals surface area contributed by atoms with Gasteiger partial charge in [0.2, 0.25) is 11.8 Å². The lowest BCUT2D eigenvalue weighted by atomic mass is 9.66. The number of benzene rings is 1. The van der Waals surface area contributed by atoms with Crippen molar-refractivity contribution in [3.63, 3.8) is 0 Å². The highest BCUT2D eigenvalue weighted by molar-refractivity contribution is 8.02. The first-order valence-corrected chi connectivity index (χ1v) is 16.3. The molecule has 43 heavy (non-hydrogen) atoms. The van der Waals surface area contributed by atoms with Crippen LogP contribution < -0.4 is 0 Å². The molecule has 4 fully saturated rings. The summed E-state index contributed by atoms with van der Waals surface area (Å²) in [4.78, 5) is 48.8. The van der Waals surface area contributed by atoms with E-state index in [1.165, 1.54) is 0 Å². The van der Waals surface area contributed by atoms with E-state index in [4.69, 9.17) is 9.47 Å². The number of hydrogen-bond acceptors (Lipinski definition) is 8. The average molecular weight is 612 g/mol. The van der Waals surface area contributed by atoms with Crippen LogP contribution >= 0.6 is 11.8 Å². The van der Waals surface area contributed by atoms with E-state index < -0.39 is 33.4 Å². The summed E-state index contributed by atoms with van der Waals surface area (Å²) in [5.41, 5.74) is 0.755. The van der Waals surface area contributed by atoms with Gasteiger partial charge in [-0.2, -0.15) is 0 Å². The Bertz CT molecular complexity index is 1190. The number of carbonyl (C=O) groups is 3.